The molecule has 0 aliphatic rings. The van der Waals surface area contributed by atoms with Crippen molar-refractivity contribution in [3.8, 4) is 5.75 Å². The first-order chi connectivity index (χ1) is 9.11. The van der Waals surface area contributed by atoms with Crippen molar-refractivity contribution in [2.24, 2.45) is 0 Å². The van der Waals surface area contributed by atoms with E-state index in [2.05, 4.69) is 10.1 Å². The van der Waals surface area contributed by atoms with Crippen molar-refractivity contribution >= 4 is 12.0 Å². The SMILES string of the molecule is CCCCNC(=O)C=Cc1ccc(OC(F)F)cc1. The molecule has 19 heavy (non-hydrogen) atoms. The van der Waals surface area contributed by atoms with E-state index in [-0.39, 0.29) is 11.7 Å². The van der Waals surface area contributed by atoms with Crippen LogP contribution in [0.3, 0.4) is 0 Å². The van der Waals surface area contributed by atoms with E-state index in [0.717, 1.165) is 18.4 Å². The van der Waals surface area contributed by atoms with E-state index in [4.69, 9.17) is 0 Å². The number of halogens is 2. The number of alkyl halides is 2. The van der Waals surface area contributed by atoms with Crippen molar-refractivity contribution in [1.29, 1.82) is 0 Å². The first kappa shape index (κ1) is 15.1. The first-order valence-electron chi connectivity index (χ1n) is 6.12. The lowest BCUT2D eigenvalue weighted by Gasteiger charge is -2.03. The lowest BCUT2D eigenvalue weighted by atomic mass is 10.2. The maximum Gasteiger partial charge on any atom is 0.387 e. The van der Waals surface area contributed by atoms with Gasteiger partial charge in [0.2, 0.25) is 5.91 Å². The van der Waals surface area contributed by atoms with Gasteiger partial charge in [-0.1, -0.05) is 25.5 Å². The van der Waals surface area contributed by atoms with Crippen LogP contribution in [0.5, 0.6) is 5.75 Å². The van der Waals surface area contributed by atoms with Crippen LogP contribution in [0.1, 0.15) is 25.3 Å². The highest BCUT2D eigenvalue weighted by Crippen LogP contribution is 2.15. The molecule has 1 aromatic carbocycles. The number of nitrogens with one attached hydrogen (secondary N) is 1. The van der Waals surface area contributed by atoms with Gasteiger partial charge in [-0.3, -0.25) is 4.79 Å². The van der Waals surface area contributed by atoms with Crippen LogP contribution < -0.4 is 10.1 Å². The maximum atomic E-state index is 11.9. The quantitative estimate of drug-likeness (QED) is 0.609. The molecule has 1 amide bonds. The Morgan fingerprint density at radius 2 is 2.05 bits per heavy atom. The third kappa shape index (κ3) is 6.55. The standard InChI is InChI=1S/C14H17F2NO2/c1-2-3-10-17-13(18)9-6-11-4-7-12(8-5-11)19-14(15)16/h4-9,14H,2-3,10H2,1H3,(H,17,18). The highest BCUT2D eigenvalue weighted by molar-refractivity contribution is 5.91. The van der Waals surface area contributed by atoms with Crippen molar-refractivity contribution in [2.75, 3.05) is 6.54 Å². The second-order valence-electron chi connectivity index (χ2n) is 3.93. The number of rotatable bonds is 7. The van der Waals surface area contributed by atoms with E-state index < -0.39 is 6.61 Å². The second-order valence-corrected chi connectivity index (χ2v) is 3.93. The molecule has 0 saturated heterocycles. The first-order valence-corrected chi connectivity index (χ1v) is 6.12. The number of hydrogen-bond donors (Lipinski definition) is 1. The summed E-state index contributed by atoms with van der Waals surface area (Å²) in [6, 6.07) is 6.07. The predicted molar refractivity (Wildman–Crippen MR) is 70.0 cm³/mol. The maximum absolute atomic E-state index is 11.9. The van der Waals surface area contributed by atoms with E-state index in [1.807, 2.05) is 6.92 Å². The fourth-order valence-corrected chi connectivity index (χ4v) is 1.38. The van der Waals surface area contributed by atoms with Crippen LogP contribution in [-0.4, -0.2) is 19.1 Å². The third-order valence-corrected chi connectivity index (χ3v) is 2.36. The topological polar surface area (TPSA) is 38.3 Å². The van der Waals surface area contributed by atoms with E-state index in [1.54, 1.807) is 18.2 Å². The molecule has 0 bridgehead atoms. The number of carbonyl (C=O) groups is 1. The van der Waals surface area contributed by atoms with Crippen LogP contribution in [0, 0.1) is 0 Å². The summed E-state index contributed by atoms with van der Waals surface area (Å²) < 4.78 is 28.1. The van der Waals surface area contributed by atoms with Gasteiger partial charge in [0.15, 0.2) is 0 Å². The lowest BCUT2D eigenvalue weighted by Crippen LogP contribution is -2.21. The van der Waals surface area contributed by atoms with Crippen LogP contribution in [-0.2, 0) is 4.79 Å². The lowest BCUT2D eigenvalue weighted by molar-refractivity contribution is -0.116. The van der Waals surface area contributed by atoms with Gasteiger partial charge in [-0.25, -0.2) is 0 Å². The molecule has 5 heteroatoms. The fraction of sp³-hybridized carbons (Fsp3) is 0.357. The normalized spacial score (nSPS) is 10.9. The molecule has 0 heterocycles. The summed E-state index contributed by atoms with van der Waals surface area (Å²) in [6.45, 7) is -0.128. The summed E-state index contributed by atoms with van der Waals surface area (Å²) in [4.78, 5) is 11.4. The summed E-state index contributed by atoms with van der Waals surface area (Å²) in [5, 5.41) is 2.74. The average molecular weight is 269 g/mol. The molecule has 1 aromatic rings. The Kier molecular flexibility index (Phi) is 6.57. The van der Waals surface area contributed by atoms with Gasteiger partial charge in [-0.15, -0.1) is 0 Å². The summed E-state index contributed by atoms with van der Waals surface area (Å²) in [5.41, 5.74) is 0.743. The van der Waals surface area contributed by atoms with Gasteiger partial charge in [0.1, 0.15) is 5.75 Å². The Morgan fingerprint density at radius 1 is 1.37 bits per heavy atom. The molecule has 1 N–H and O–H groups in total. The van der Waals surface area contributed by atoms with Crippen LogP contribution in [0.2, 0.25) is 0 Å². The van der Waals surface area contributed by atoms with Gasteiger partial charge in [-0.2, -0.15) is 8.78 Å². The van der Waals surface area contributed by atoms with Crippen molar-refractivity contribution in [1.82, 2.24) is 5.32 Å². The molecule has 0 saturated carbocycles. The monoisotopic (exact) mass is 269 g/mol. The van der Waals surface area contributed by atoms with Crippen molar-refractivity contribution in [3.63, 3.8) is 0 Å². The predicted octanol–water partition coefficient (Wildman–Crippen LogP) is 3.22. The zero-order valence-electron chi connectivity index (χ0n) is 10.7. The highest BCUT2D eigenvalue weighted by Gasteiger charge is 2.02. The minimum Gasteiger partial charge on any atom is -0.435 e. The molecule has 0 aromatic heterocycles. The van der Waals surface area contributed by atoms with Crippen LogP contribution in [0.25, 0.3) is 6.08 Å². The van der Waals surface area contributed by atoms with E-state index >= 15 is 0 Å². The van der Waals surface area contributed by atoms with Gasteiger partial charge < -0.3 is 10.1 Å². The van der Waals surface area contributed by atoms with Gasteiger partial charge in [0.25, 0.3) is 0 Å². The van der Waals surface area contributed by atoms with Gasteiger partial charge in [0, 0.05) is 12.6 Å². The molecule has 0 aliphatic carbocycles. The third-order valence-electron chi connectivity index (χ3n) is 2.36. The molecule has 0 aliphatic heterocycles. The zero-order valence-corrected chi connectivity index (χ0v) is 10.7. The van der Waals surface area contributed by atoms with E-state index in [1.165, 1.54) is 18.2 Å². The average Bonchev–Trinajstić information content (AvgIpc) is 2.37. The molecule has 104 valence electrons. The Morgan fingerprint density at radius 3 is 2.63 bits per heavy atom. The minimum atomic E-state index is -2.83. The zero-order chi connectivity index (χ0) is 14.1. The summed E-state index contributed by atoms with van der Waals surface area (Å²) >= 11 is 0. The van der Waals surface area contributed by atoms with Gasteiger partial charge in [-0.05, 0) is 30.2 Å². The smallest absolute Gasteiger partial charge is 0.387 e. The van der Waals surface area contributed by atoms with Crippen molar-refractivity contribution in [2.45, 2.75) is 26.4 Å². The number of carbonyl (C=O) groups excluding carboxylic acids is 1. The number of benzene rings is 1. The second kappa shape index (κ2) is 8.24. The minimum absolute atomic E-state index is 0.0968. The number of amides is 1. The van der Waals surface area contributed by atoms with Crippen LogP contribution in [0.15, 0.2) is 30.3 Å². The van der Waals surface area contributed by atoms with Crippen molar-refractivity contribution in [3.05, 3.63) is 35.9 Å². The molecular weight excluding hydrogens is 252 g/mol. The molecule has 0 atom stereocenters. The van der Waals surface area contributed by atoms with Gasteiger partial charge >= 0.3 is 6.61 Å². The summed E-state index contributed by atoms with van der Waals surface area (Å²) in [6.07, 6.45) is 5.00. The molecular formula is C14H17F2NO2. The van der Waals surface area contributed by atoms with Crippen molar-refractivity contribution < 1.29 is 18.3 Å². The number of hydrogen-bond acceptors (Lipinski definition) is 2. The Hall–Kier alpha value is -1.91. The van der Waals surface area contributed by atoms with Crippen LogP contribution >= 0.6 is 0 Å². The van der Waals surface area contributed by atoms with E-state index in [9.17, 15) is 13.6 Å². The largest absolute Gasteiger partial charge is 0.435 e. The number of ether oxygens (including phenoxy) is 1. The highest BCUT2D eigenvalue weighted by atomic mass is 19.3. The summed E-state index contributed by atoms with van der Waals surface area (Å²) in [5.74, 6) is -0.0686. The van der Waals surface area contributed by atoms with E-state index in [0.29, 0.717) is 6.54 Å². The molecule has 0 spiro atoms. The molecule has 0 fully saturated rings. The number of unbranched alkanes of at least 4 members (excludes halogenated alkanes) is 1. The molecule has 3 nitrogen and oxygen atoms in total. The van der Waals surface area contributed by atoms with Gasteiger partial charge in [0.05, 0.1) is 0 Å². The Balaban J connectivity index is 2.46. The Bertz CT molecular complexity index is 416. The summed E-state index contributed by atoms with van der Waals surface area (Å²) in [7, 11) is 0. The van der Waals surface area contributed by atoms with Crippen LogP contribution in [0.4, 0.5) is 8.78 Å². The fourth-order valence-electron chi connectivity index (χ4n) is 1.38. The molecule has 0 unspecified atom stereocenters. The Labute approximate surface area is 111 Å². The molecule has 1 rings (SSSR count). The molecule has 0 radical (unpaired) electrons.